The van der Waals surface area contributed by atoms with E-state index in [4.69, 9.17) is 19.9 Å². The van der Waals surface area contributed by atoms with Gasteiger partial charge in [-0.1, -0.05) is 0 Å². The number of rotatable bonds is 8. The van der Waals surface area contributed by atoms with Gasteiger partial charge >= 0.3 is 0 Å². The third kappa shape index (κ3) is 5.20. The Hall–Kier alpha value is -0.200. The van der Waals surface area contributed by atoms with Gasteiger partial charge in [0.05, 0.1) is 6.10 Å². The molecule has 2 atom stereocenters. The first kappa shape index (κ1) is 15.9. The van der Waals surface area contributed by atoms with Crippen LogP contribution in [0.3, 0.4) is 0 Å². The minimum Gasteiger partial charge on any atom is -0.377 e. The maximum Gasteiger partial charge on any atom is 0.158 e. The summed E-state index contributed by atoms with van der Waals surface area (Å²) in [5.74, 6) is 0. The van der Waals surface area contributed by atoms with E-state index in [2.05, 4.69) is 11.9 Å². The smallest absolute Gasteiger partial charge is 0.158 e. The van der Waals surface area contributed by atoms with Crippen LogP contribution in [0, 0.1) is 0 Å². The third-order valence-corrected chi connectivity index (χ3v) is 3.65. The lowest BCUT2D eigenvalue weighted by Gasteiger charge is -2.33. The fraction of sp³-hybridized carbons (Fsp3) is 1.00. The van der Waals surface area contributed by atoms with Gasteiger partial charge in [-0.25, -0.2) is 0 Å². The zero-order valence-corrected chi connectivity index (χ0v) is 11.9. The molecule has 5 heteroatoms. The molecule has 0 aliphatic carbocycles. The Labute approximate surface area is 111 Å². The van der Waals surface area contributed by atoms with Crippen LogP contribution in [0.1, 0.15) is 25.7 Å². The highest BCUT2D eigenvalue weighted by Crippen LogP contribution is 2.15. The van der Waals surface area contributed by atoms with Crippen molar-refractivity contribution in [3.63, 3.8) is 0 Å². The number of methoxy groups -OCH3 is 2. The fourth-order valence-electron chi connectivity index (χ4n) is 2.39. The van der Waals surface area contributed by atoms with Crippen molar-refractivity contribution in [3.8, 4) is 0 Å². The molecule has 18 heavy (non-hydrogen) atoms. The maximum absolute atomic E-state index is 5.84. The number of hydrogen-bond donors (Lipinski definition) is 1. The van der Waals surface area contributed by atoms with Crippen LogP contribution in [0.15, 0.2) is 0 Å². The van der Waals surface area contributed by atoms with Crippen LogP contribution in [0.2, 0.25) is 0 Å². The summed E-state index contributed by atoms with van der Waals surface area (Å²) in [4.78, 5) is 2.26. The van der Waals surface area contributed by atoms with E-state index in [0.29, 0.717) is 12.6 Å². The van der Waals surface area contributed by atoms with Gasteiger partial charge in [-0.3, -0.25) is 4.90 Å². The highest BCUT2D eigenvalue weighted by Gasteiger charge is 2.22. The summed E-state index contributed by atoms with van der Waals surface area (Å²) < 4.78 is 16.2. The van der Waals surface area contributed by atoms with E-state index >= 15 is 0 Å². The molecule has 1 fully saturated rings. The SMILES string of the molecule is COC(CC(CN)N(C)CC1CCCCO1)OC. The second kappa shape index (κ2) is 8.82. The van der Waals surface area contributed by atoms with Crippen molar-refractivity contribution in [2.45, 2.75) is 44.1 Å². The predicted octanol–water partition coefficient (Wildman–Crippen LogP) is 0.824. The molecular weight excluding hydrogens is 232 g/mol. The lowest BCUT2D eigenvalue weighted by atomic mass is 10.1. The largest absolute Gasteiger partial charge is 0.377 e. The van der Waals surface area contributed by atoms with Crippen molar-refractivity contribution in [1.29, 1.82) is 0 Å². The molecule has 1 aliphatic heterocycles. The van der Waals surface area contributed by atoms with E-state index in [0.717, 1.165) is 26.0 Å². The molecule has 2 unspecified atom stereocenters. The molecule has 0 bridgehead atoms. The van der Waals surface area contributed by atoms with Gasteiger partial charge in [0.2, 0.25) is 0 Å². The molecule has 0 aromatic carbocycles. The van der Waals surface area contributed by atoms with Crippen molar-refractivity contribution in [3.05, 3.63) is 0 Å². The Morgan fingerprint density at radius 2 is 2.06 bits per heavy atom. The highest BCUT2D eigenvalue weighted by molar-refractivity contribution is 4.75. The molecule has 108 valence electrons. The van der Waals surface area contributed by atoms with Crippen molar-refractivity contribution < 1.29 is 14.2 Å². The van der Waals surface area contributed by atoms with Gasteiger partial charge in [0.25, 0.3) is 0 Å². The fourth-order valence-corrected chi connectivity index (χ4v) is 2.39. The van der Waals surface area contributed by atoms with E-state index in [9.17, 15) is 0 Å². The Kier molecular flexibility index (Phi) is 7.77. The molecule has 0 amide bonds. The van der Waals surface area contributed by atoms with Crippen molar-refractivity contribution >= 4 is 0 Å². The summed E-state index contributed by atoms with van der Waals surface area (Å²) in [5, 5.41) is 0. The zero-order chi connectivity index (χ0) is 13.4. The van der Waals surface area contributed by atoms with Gasteiger partial charge in [-0.15, -0.1) is 0 Å². The van der Waals surface area contributed by atoms with Crippen LogP contribution < -0.4 is 5.73 Å². The first-order chi connectivity index (χ1) is 8.71. The number of hydrogen-bond acceptors (Lipinski definition) is 5. The summed E-state index contributed by atoms with van der Waals surface area (Å²) in [6.45, 7) is 2.43. The van der Waals surface area contributed by atoms with Crippen molar-refractivity contribution in [2.75, 3.05) is 41.0 Å². The molecule has 0 radical (unpaired) electrons. The molecule has 1 aliphatic rings. The van der Waals surface area contributed by atoms with Crippen LogP contribution in [0.25, 0.3) is 0 Å². The van der Waals surface area contributed by atoms with Gasteiger partial charge in [-0.05, 0) is 26.3 Å². The molecule has 1 heterocycles. The minimum absolute atomic E-state index is 0.187. The van der Waals surface area contributed by atoms with Crippen LogP contribution >= 0.6 is 0 Å². The molecule has 2 N–H and O–H groups in total. The Morgan fingerprint density at radius 1 is 1.33 bits per heavy atom. The summed E-state index contributed by atoms with van der Waals surface area (Å²) >= 11 is 0. The number of ether oxygens (including phenoxy) is 3. The number of nitrogens with zero attached hydrogens (tertiary/aromatic N) is 1. The van der Waals surface area contributed by atoms with Crippen LogP contribution in [-0.4, -0.2) is 64.3 Å². The van der Waals surface area contributed by atoms with E-state index in [1.165, 1.54) is 12.8 Å². The number of nitrogens with two attached hydrogens (primary N) is 1. The van der Waals surface area contributed by atoms with Crippen LogP contribution in [0.5, 0.6) is 0 Å². The zero-order valence-electron chi connectivity index (χ0n) is 11.9. The topological polar surface area (TPSA) is 57.0 Å². The molecule has 1 saturated heterocycles. The van der Waals surface area contributed by atoms with Gasteiger partial charge < -0.3 is 19.9 Å². The van der Waals surface area contributed by atoms with E-state index in [-0.39, 0.29) is 12.3 Å². The standard InChI is InChI=1S/C13H28N2O3/c1-15(10-12-6-4-5-7-18-12)11(9-14)8-13(16-2)17-3/h11-13H,4-10,14H2,1-3H3. The molecule has 0 aromatic rings. The van der Waals surface area contributed by atoms with Gasteiger partial charge in [-0.2, -0.15) is 0 Å². The first-order valence-corrected chi connectivity index (χ1v) is 6.78. The van der Waals surface area contributed by atoms with Crippen LogP contribution in [0.4, 0.5) is 0 Å². The lowest BCUT2D eigenvalue weighted by Crippen LogP contribution is -2.45. The van der Waals surface area contributed by atoms with E-state index in [1.54, 1.807) is 14.2 Å². The molecule has 0 spiro atoms. The van der Waals surface area contributed by atoms with E-state index in [1.807, 2.05) is 0 Å². The predicted molar refractivity (Wildman–Crippen MR) is 71.5 cm³/mol. The van der Waals surface area contributed by atoms with E-state index < -0.39 is 0 Å². The third-order valence-electron chi connectivity index (χ3n) is 3.65. The van der Waals surface area contributed by atoms with Crippen LogP contribution in [-0.2, 0) is 14.2 Å². The average molecular weight is 260 g/mol. The second-order valence-corrected chi connectivity index (χ2v) is 4.95. The molecule has 0 saturated carbocycles. The normalized spacial score (nSPS) is 22.7. The Bertz CT molecular complexity index is 206. The minimum atomic E-state index is -0.187. The lowest BCUT2D eigenvalue weighted by molar-refractivity contribution is -0.117. The molecule has 1 rings (SSSR count). The van der Waals surface area contributed by atoms with Gasteiger partial charge in [0.1, 0.15) is 0 Å². The highest BCUT2D eigenvalue weighted by atomic mass is 16.7. The van der Waals surface area contributed by atoms with Crippen molar-refractivity contribution in [1.82, 2.24) is 4.90 Å². The van der Waals surface area contributed by atoms with Gasteiger partial charge in [0, 0.05) is 46.4 Å². The summed E-state index contributed by atoms with van der Waals surface area (Å²) in [5.41, 5.74) is 5.84. The maximum atomic E-state index is 5.84. The second-order valence-electron chi connectivity index (χ2n) is 4.95. The number of likely N-dealkylation sites (N-methyl/N-ethyl adjacent to an activating group) is 1. The van der Waals surface area contributed by atoms with Gasteiger partial charge in [0.15, 0.2) is 6.29 Å². The van der Waals surface area contributed by atoms with Crippen molar-refractivity contribution in [2.24, 2.45) is 5.73 Å². The first-order valence-electron chi connectivity index (χ1n) is 6.78. The summed E-state index contributed by atoms with van der Waals surface area (Å²) in [7, 11) is 5.41. The summed E-state index contributed by atoms with van der Waals surface area (Å²) in [6, 6.07) is 0.264. The Morgan fingerprint density at radius 3 is 2.56 bits per heavy atom. The molecule has 5 nitrogen and oxygen atoms in total. The monoisotopic (exact) mass is 260 g/mol. The average Bonchev–Trinajstić information content (AvgIpc) is 2.41. The quantitative estimate of drug-likeness (QED) is 0.655. The Balaban J connectivity index is 2.37. The molecule has 0 aromatic heterocycles. The molecular formula is C13H28N2O3. The summed E-state index contributed by atoms with van der Waals surface area (Å²) in [6.07, 6.45) is 4.56.